The first-order valence-electron chi connectivity index (χ1n) is 15.4. The van der Waals surface area contributed by atoms with Crippen LogP contribution in [0.3, 0.4) is 0 Å². The van der Waals surface area contributed by atoms with E-state index in [0.29, 0.717) is 67.3 Å². The second-order valence-corrected chi connectivity index (χ2v) is 8.69. The highest BCUT2D eigenvalue weighted by molar-refractivity contribution is 6.09. The molecule has 0 aliphatic rings. The van der Waals surface area contributed by atoms with Crippen molar-refractivity contribution in [3.8, 4) is 0 Å². The van der Waals surface area contributed by atoms with Gasteiger partial charge in [-0.05, 0) is 48.5 Å². The van der Waals surface area contributed by atoms with Crippen LogP contribution >= 0.6 is 0 Å². The first kappa shape index (κ1) is 30.2. The van der Waals surface area contributed by atoms with Crippen LogP contribution in [0.25, 0.3) is 88.8 Å². The number of nitrogens with zero attached hydrogens (tertiary/aromatic N) is 4. The van der Waals surface area contributed by atoms with Crippen LogP contribution in [-0.4, -0.2) is 19.9 Å². The first-order valence-corrected chi connectivity index (χ1v) is 15.4. The van der Waals surface area contributed by atoms with Crippen molar-refractivity contribution in [2.75, 3.05) is 0 Å². The zero-order valence-electron chi connectivity index (χ0n) is 26.4. The Hall–Kier alpha value is -5.24. The van der Waals surface area contributed by atoms with Gasteiger partial charge < -0.3 is 17.7 Å². The molecule has 0 aliphatic carbocycles. The van der Waals surface area contributed by atoms with E-state index in [2.05, 4.69) is 0 Å². The Morgan fingerprint density at radius 3 is 0.727 bits per heavy atom. The summed E-state index contributed by atoms with van der Waals surface area (Å²) >= 11 is 0. The largest absolute Gasteiger partial charge is 0.436 e. The lowest BCUT2D eigenvalue weighted by atomic mass is 10.2. The van der Waals surface area contributed by atoms with Crippen molar-refractivity contribution in [1.82, 2.24) is 19.9 Å². The van der Waals surface area contributed by atoms with Crippen molar-refractivity contribution in [3.05, 3.63) is 72.8 Å². The van der Waals surface area contributed by atoms with Gasteiger partial charge in [-0.1, -0.05) is 79.7 Å². The summed E-state index contributed by atoms with van der Waals surface area (Å²) in [5, 5.41) is 2.91. The number of hydrogen-bond donors (Lipinski definition) is 0. The molecule has 0 saturated heterocycles. The number of hydrogen-bond acceptors (Lipinski definition) is 8. The van der Waals surface area contributed by atoms with E-state index in [1.54, 1.807) is 0 Å². The second kappa shape index (κ2) is 13.0. The van der Waals surface area contributed by atoms with E-state index >= 15 is 0 Å². The van der Waals surface area contributed by atoms with E-state index < -0.39 is 0 Å². The van der Waals surface area contributed by atoms with Gasteiger partial charge in [0, 0.05) is 0 Å². The minimum absolute atomic E-state index is 0.439. The highest BCUT2D eigenvalue weighted by atomic mass is 16.4. The Morgan fingerprint density at radius 2 is 0.523 bits per heavy atom. The van der Waals surface area contributed by atoms with Gasteiger partial charge in [0.25, 0.3) is 0 Å². The molecular formula is C36H36N4O4. The molecule has 224 valence electrons. The Morgan fingerprint density at radius 1 is 0.318 bits per heavy atom. The maximum Gasteiger partial charge on any atom is 0.229 e. The highest BCUT2D eigenvalue weighted by Crippen LogP contribution is 2.34. The third-order valence-electron chi connectivity index (χ3n) is 6.60. The van der Waals surface area contributed by atoms with Gasteiger partial charge in [-0.2, -0.15) is 0 Å². The average Bonchev–Trinajstić information content (AvgIpc) is 3.90. The summed E-state index contributed by atoms with van der Waals surface area (Å²) in [6.45, 7) is 16.0. The maximum atomic E-state index is 6.19. The molecule has 4 aromatic carbocycles. The zero-order valence-corrected chi connectivity index (χ0v) is 26.4. The molecule has 44 heavy (non-hydrogen) atoms. The van der Waals surface area contributed by atoms with Crippen LogP contribution in [0.4, 0.5) is 0 Å². The molecule has 0 unspecified atom stereocenters. The monoisotopic (exact) mass is 588 g/mol. The van der Waals surface area contributed by atoms with Gasteiger partial charge in [0.1, 0.15) is 22.1 Å². The molecule has 9 aromatic rings. The molecule has 0 atom stereocenters. The molecule has 8 bridgehead atoms. The van der Waals surface area contributed by atoms with Crippen LogP contribution in [-0.2, 0) is 0 Å². The van der Waals surface area contributed by atoms with Crippen LogP contribution in [0.15, 0.2) is 90.5 Å². The fourth-order valence-corrected chi connectivity index (χ4v) is 4.95. The topological polar surface area (TPSA) is 104 Å². The number of para-hydroxylation sites is 4. The van der Waals surface area contributed by atoms with E-state index in [9.17, 15) is 0 Å². The normalized spacial score (nSPS) is 10.7. The highest BCUT2D eigenvalue weighted by Gasteiger charge is 2.16. The van der Waals surface area contributed by atoms with Crippen LogP contribution in [0.1, 0.15) is 55.4 Å². The standard InChI is InChI=1S/C28H12N4O4.4C2H6/c1-5-13-21-17(9-1)33-26(29-21)14-6-2-11-19-23(14)31-28(35-19)16-8-4-12-20-24(16)32-27(36-20)15-7-3-10-18-22(15)30-25(13)34-18;4*1-2/h1-12H;4*1-2H3. The van der Waals surface area contributed by atoms with E-state index in [1.807, 2.05) is 128 Å². The fourth-order valence-electron chi connectivity index (χ4n) is 4.95. The first-order chi connectivity index (χ1) is 21.8. The molecule has 8 heteroatoms. The van der Waals surface area contributed by atoms with Crippen molar-refractivity contribution in [3.63, 3.8) is 0 Å². The molecule has 0 spiro atoms. The van der Waals surface area contributed by atoms with Gasteiger partial charge in [0.15, 0.2) is 22.3 Å². The molecular weight excluding hydrogens is 552 g/mol. The van der Waals surface area contributed by atoms with Crippen molar-refractivity contribution < 1.29 is 17.7 Å². The summed E-state index contributed by atoms with van der Waals surface area (Å²) in [6, 6.07) is 22.8. The van der Waals surface area contributed by atoms with E-state index in [-0.39, 0.29) is 0 Å². The molecule has 0 saturated carbocycles. The number of oxazole rings is 4. The Balaban J connectivity index is 0.000000448. The lowest BCUT2D eigenvalue weighted by Gasteiger charge is -1.88. The molecule has 0 fully saturated rings. The van der Waals surface area contributed by atoms with Gasteiger partial charge in [-0.15, -0.1) is 0 Å². The summed E-state index contributed by atoms with van der Waals surface area (Å²) in [5.41, 5.74) is 6.84. The molecule has 0 amide bonds. The Bertz CT molecular complexity index is 2050. The lowest BCUT2D eigenvalue weighted by molar-refractivity contribution is 0.659. The summed E-state index contributed by atoms with van der Waals surface area (Å²) in [6.07, 6.45) is 0. The van der Waals surface area contributed by atoms with Crippen LogP contribution < -0.4 is 0 Å². The third kappa shape index (κ3) is 4.82. The van der Waals surface area contributed by atoms with Crippen molar-refractivity contribution in [2.24, 2.45) is 0 Å². The third-order valence-corrected chi connectivity index (χ3v) is 6.60. The molecule has 8 nitrogen and oxygen atoms in total. The second-order valence-electron chi connectivity index (χ2n) is 8.69. The van der Waals surface area contributed by atoms with Gasteiger partial charge in [0.05, 0.1) is 21.5 Å². The zero-order chi connectivity index (χ0) is 31.4. The van der Waals surface area contributed by atoms with E-state index in [0.717, 1.165) is 21.5 Å². The Labute approximate surface area is 254 Å². The summed E-state index contributed by atoms with van der Waals surface area (Å²) < 4.78 is 24.8. The van der Waals surface area contributed by atoms with Gasteiger partial charge in [-0.3, -0.25) is 0 Å². The quantitative estimate of drug-likeness (QED) is 0.172. The lowest BCUT2D eigenvalue weighted by Crippen LogP contribution is -1.76. The number of fused-ring (bicyclic) bond motifs is 8. The number of aromatic nitrogens is 4. The maximum absolute atomic E-state index is 6.19. The Kier molecular flexibility index (Phi) is 8.90. The molecule has 0 aliphatic heterocycles. The van der Waals surface area contributed by atoms with Crippen LogP contribution in [0.5, 0.6) is 0 Å². The molecule has 9 rings (SSSR count). The molecule has 5 heterocycles. The van der Waals surface area contributed by atoms with E-state index in [1.165, 1.54) is 0 Å². The smallest absolute Gasteiger partial charge is 0.229 e. The summed E-state index contributed by atoms with van der Waals surface area (Å²) in [5.74, 6) is 0. The van der Waals surface area contributed by atoms with Crippen molar-refractivity contribution >= 4 is 88.8 Å². The molecule has 0 radical (unpaired) electrons. The molecule has 5 aromatic heterocycles. The van der Waals surface area contributed by atoms with Crippen molar-refractivity contribution in [2.45, 2.75) is 55.4 Å². The predicted octanol–water partition coefficient (Wildman–Crippen LogP) is 11.5. The summed E-state index contributed by atoms with van der Waals surface area (Å²) in [7, 11) is 0. The van der Waals surface area contributed by atoms with Gasteiger partial charge >= 0.3 is 0 Å². The van der Waals surface area contributed by atoms with Crippen LogP contribution in [0.2, 0.25) is 0 Å². The van der Waals surface area contributed by atoms with Crippen LogP contribution in [0, 0.1) is 0 Å². The fraction of sp³-hybridized carbons (Fsp3) is 0.222. The van der Waals surface area contributed by atoms with E-state index in [4.69, 9.17) is 37.6 Å². The number of rotatable bonds is 0. The average molecular weight is 589 g/mol. The minimum atomic E-state index is 0.439. The molecule has 0 N–H and O–H groups in total. The van der Waals surface area contributed by atoms with Crippen molar-refractivity contribution in [1.29, 1.82) is 0 Å². The van der Waals surface area contributed by atoms with Gasteiger partial charge in [0.2, 0.25) is 22.9 Å². The predicted molar refractivity (Wildman–Crippen MR) is 181 cm³/mol. The van der Waals surface area contributed by atoms with Gasteiger partial charge in [-0.25, -0.2) is 19.9 Å². The summed E-state index contributed by atoms with van der Waals surface area (Å²) in [4.78, 5) is 19.4. The minimum Gasteiger partial charge on any atom is -0.436 e. The number of benzene rings is 4. The SMILES string of the molecule is CC.CC.CC.CC.c1cc2oc3nc2c(c1)c1nc2c(cccc2c2nc4c(cccc4c4nc5c(cccc35)o4)o2)o1.